The van der Waals surface area contributed by atoms with Crippen LogP contribution in [0.4, 0.5) is 0 Å². The van der Waals surface area contributed by atoms with E-state index in [1.807, 2.05) is 58.0 Å². The molecule has 0 atom stereocenters. The van der Waals surface area contributed by atoms with Gasteiger partial charge < -0.3 is 9.47 Å². The van der Waals surface area contributed by atoms with Gasteiger partial charge in [0.15, 0.2) is 0 Å². The molecule has 1 aromatic carbocycles. The normalized spacial score (nSPS) is 11.2. The molecule has 2 rings (SSSR count). The lowest BCUT2D eigenvalue weighted by Crippen LogP contribution is -2.22. The predicted octanol–water partition coefficient (Wildman–Crippen LogP) is 4.36. The molecule has 0 N–H and O–H groups in total. The van der Waals surface area contributed by atoms with Gasteiger partial charge in [-0.3, -0.25) is 4.98 Å². The van der Waals surface area contributed by atoms with Crippen molar-refractivity contribution in [3.8, 4) is 17.2 Å². The van der Waals surface area contributed by atoms with E-state index >= 15 is 0 Å². The summed E-state index contributed by atoms with van der Waals surface area (Å²) in [6.45, 7) is 8.05. The molecular weight excluding hydrogens is 238 g/mol. The van der Waals surface area contributed by atoms with Crippen molar-refractivity contribution < 1.29 is 9.47 Å². The average molecular weight is 257 g/mol. The second-order valence-corrected chi connectivity index (χ2v) is 5.43. The molecule has 1 heterocycles. The highest BCUT2D eigenvalue weighted by Crippen LogP contribution is 2.26. The fourth-order valence-electron chi connectivity index (χ4n) is 1.63. The average Bonchev–Trinajstić information content (AvgIpc) is 2.33. The van der Waals surface area contributed by atoms with Gasteiger partial charge in [-0.05, 0) is 58.0 Å². The van der Waals surface area contributed by atoms with Crippen LogP contribution in [-0.4, -0.2) is 10.6 Å². The molecule has 0 fully saturated rings. The minimum atomic E-state index is -0.190. The maximum atomic E-state index is 5.80. The molecule has 3 nitrogen and oxygen atoms in total. The zero-order chi connectivity index (χ0) is 13.9. The van der Waals surface area contributed by atoms with Gasteiger partial charge in [-0.25, -0.2) is 0 Å². The number of ether oxygens (including phenoxy) is 2. The second-order valence-electron chi connectivity index (χ2n) is 5.43. The van der Waals surface area contributed by atoms with E-state index in [0.29, 0.717) is 0 Å². The summed E-state index contributed by atoms with van der Waals surface area (Å²) < 4.78 is 11.6. The summed E-state index contributed by atoms with van der Waals surface area (Å²) in [4.78, 5) is 4.04. The molecule has 1 aromatic heterocycles. The van der Waals surface area contributed by atoms with Crippen LogP contribution >= 0.6 is 0 Å². The van der Waals surface area contributed by atoms with Crippen LogP contribution in [0.3, 0.4) is 0 Å². The largest absolute Gasteiger partial charge is 0.488 e. The highest BCUT2D eigenvalue weighted by atomic mass is 16.5. The topological polar surface area (TPSA) is 31.4 Å². The van der Waals surface area contributed by atoms with Gasteiger partial charge in [0.25, 0.3) is 0 Å². The Morgan fingerprint density at radius 1 is 0.947 bits per heavy atom. The Morgan fingerprint density at radius 3 is 2.16 bits per heavy atom. The zero-order valence-electron chi connectivity index (χ0n) is 11.8. The molecule has 0 amide bonds. The number of hydrogen-bond acceptors (Lipinski definition) is 3. The van der Waals surface area contributed by atoms with Crippen LogP contribution in [0.2, 0.25) is 0 Å². The van der Waals surface area contributed by atoms with Crippen molar-refractivity contribution in [2.45, 2.75) is 33.3 Å². The van der Waals surface area contributed by atoms with E-state index in [9.17, 15) is 0 Å². The highest BCUT2D eigenvalue weighted by Gasteiger charge is 2.11. The summed E-state index contributed by atoms with van der Waals surface area (Å²) in [6, 6.07) is 9.49. The molecule has 0 aliphatic rings. The van der Waals surface area contributed by atoms with Crippen molar-refractivity contribution in [3.63, 3.8) is 0 Å². The minimum Gasteiger partial charge on any atom is -0.488 e. The Bertz CT molecular complexity index is 541. The van der Waals surface area contributed by atoms with Crippen molar-refractivity contribution in [2.75, 3.05) is 0 Å². The van der Waals surface area contributed by atoms with Crippen molar-refractivity contribution in [1.29, 1.82) is 0 Å². The van der Waals surface area contributed by atoms with Gasteiger partial charge in [0.1, 0.15) is 22.8 Å². The zero-order valence-corrected chi connectivity index (χ0v) is 11.8. The van der Waals surface area contributed by atoms with E-state index in [4.69, 9.17) is 9.47 Å². The molecule has 0 saturated heterocycles. The van der Waals surface area contributed by atoms with Gasteiger partial charge in [-0.2, -0.15) is 0 Å². The third-order valence-corrected chi connectivity index (χ3v) is 2.44. The van der Waals surface area contributed by atoms with Crippen LogP contribution in [0.25, 0.3) is 0 Å². The lowest BCUT2D eigenvalue weighted by Gasteiger charge is -2.21. The van der Waals surface area contributed by atoms with Crippen LogP contribution in [-0.2, 0) is 0 Å². The van der Waals surface area contributed by atoms with E-state index in [2.05, 4.69) is 4.98 Å². The number of aryl methyl sites for hydroxylation is 1. The van der Waals surface area contributed by atoms with Gasteiger partial charge in [0.05, 0.1) is 0 Å². The summed E-state index contributed by atoms with van der Waals surface area (Å²) in [6.07, 6.45) is 3.51. The fourth-order valence-corrected chi connectivity index (χ4v) is 1.63. The van der Waals surface area contributed by atoms with Crippen LogP contribution in [0.5, 0.6) is 17.2 Å². The maximum absolute atomic E-state index is 5.80. The monoisotopic (exact) mass is 257 g/mol. The molecule has 0 bridgehead atoms. The van der Waals surface area contributed by atoms with Crippen molar-refractivity contribution in [2.24, 2.45) is 0 Å². The number of pyridine rings is 1. The first-order valence-electron chi connectivity index (χ1n) is 6.31. The molecular formula is C16H19NO2. The maximum Gasteiger partial charge on any atom is 0.133 e. The van der Waals surface area contributed by atoms with Gasteiger partial charge in [-0.15, -0.1) is 0 Å². The van der Waals surface area contributed by atoms with Crippen LogP contribution in [0.15, 0.2) is 42.7 Å². The molecule has 19 heavy (non-hydrogen) atoms. The smallest absolute Gasteiger partial charge is 0.133 e. The molecule has 0 spiro atoms. The van der Waals surface area contributed by atoms with Gasteiger partial charge >= 0.3 is 0 Å². The van der Waals surface area contributed by atoms with E-state index in [0.717, 1.165) is 22.8 Å². The molecule has 2 aromatic rings. The Morgan fingerprint density at radius 2 is 1.58 bits per heavy atom. The summed E-state index contributed by atoms with van der Waals surface area (Å²) in [7, 11) is 0. The fraction of sp³-hybridized carbons (Fsp3) is 0.312. The summed E-state index contributed by atoms with van der Waals surface area (Å²) >= 11 is 0. The van der Waals surface area contributed by atoms with E-state index in [1.165, 1.54) is 0 Å². The van der Waals surface area contributed by atoms with Gasteiger partial charge in [0.2, 0.25) is 0 Å². The molecule has 100 valence electrons. The molecule has 0 saturated carbocycles. The lowest BCUT2D eigenvalue weighted by molar-refractivity contribution is 0.131. The molecule has 0 unspecified atom stereocenters. The van der Waals surface area contributed by atoms with Crippen molar-refractivity contribution >= 4 is 0 Å². The van der Waals surface area contributed by atoms with Gasteiger partial charge in [0, 0.05) is 18.0 Å². The van der Waals surface area contributed by atoms with Crippen LogP contribution in [0.1, 0.15) is 26.3 Å². The third-order valence-electron chi connectivity index (χ3n) is 2.44. The second kappa shape index (κ2) is 5.31. The number of benzene rings is 1. The Balaban J connectivity index is 2.09. The first-order valence-corrected chi connectivity index (χ1v) is 6.31. The van der Waals surface area contributed by atoms with E-state index in [-0.39, 0.29) is 5.60 Å². The van der Waals surface area contributed by atoms with Crippen molar-refractivity contribution in [1.82, 2.24) is 4.98 Å². The van der Waals surface area contributed by atoms with Crippen molar-refractivity contribution in [3.05, 3.63) is 48.3 Å². The van der Waals surface area contributed by atoms with Crippen LogP contribution < -0.4 is 9.47 Å². The predicted molar refractivity (Wildman–Crippen MR) is 75.9 cm³/mol. The third kappa shape index (κ3) is 3.98. The van der Waals surface area contributed by atoms with Crippen LogP contribution in [0, 0.1) is 6.92 Å². The Hall–Kier alpha value is -2.03. The Labute approximate surface area is 114 Å². The lowest BCUT2D eigenvalue weighted by atomic mass is 10.2. The number of aromatic nitrogens is 1. The van der Waals surface area contributed by atoms with E-state index in [1.54, 1.807) is 12.4 Å². The molecule has 0 aliphatic carbocycles. The first kappa shape index (κ1) is 13.4. The quantitative estimate of drug-likeness (QED) is 0.818. The molecule has 0 aliphatic heterocycles. The molecule has 3 heteroatoms. The SMILES string of the molecule is Cc1cnccc1Oc1ccc(OC(C)(C)C)cc1. The number of rotatable bonds is 3. The molecule has 0 radical (unpaired) electrons. The first-order chi connectivity index (χ1) is 8.94. The summed E-state index contributed by atoms with van der Waals surface area (Å²) in [5.74, 6) is 2.45. The minimum absolute atomic E-state index is 0.190. The summed E-state index contributed by atoms with van der Waals surface area (Å²) in [5, 5.41) is 0. The standard InChI is InChI=1S/C16H19NO2/c1-12-11-17-10-9-15(12)18-13-5-7-14(8-6-13)19-16(2,3)4/h5-11H,1-4H3. The van der Waals surface area contributed by atoms with E-state index < -0.39 is 0 Å². The number of hydrogen-bond donors (Lipinski definition) is 0. The van der Waals surface area contributed by atoms with Gasteiger partial charge in [-0.1, -0.05) is 0 Å². The number of nitrogens with zero attached hydrogens (tertiary/aromatic N) is 1. The highest BCUT2D eigenvalue weighted by molar-refractivity contribution is 5.37. The Kier molecular flexibility index (Phi) is 3.74. The summed E-state index contributed by atoms with van der Waals surface area (Å²) in [5.41, 5.74) is 0.821.